The molecule has 1 aromatic heterocycles. The van der Waals surface area contributed by atoms with Crippen LogP contribution in [0.1, 0.15) is 34.2 Å². The highest BCUT2D eigenvalue weighted by atomic mass is 32.2. The van der Waals surface area contributed by atoms with Crippen molar-refractivity contribution in [3.63, 3.8) is 0 Å². The van der Waals surface area contributed by atoms with E-state index in [1.165, 1.54) is 11.8 Å². The number of carbonyl (C=O) groups excluding carboxylic acids is 1. The SMILES string of the molecule is CCOC(=O)C1=C(O)/C(=C/c2cc(C)n(-c3cccc(C(=O)O)c3)c2C)SC1=Nc1ccccc1. The van der Waals surface area contributed by atoms with Gasteiger partial charge in [-0.15, -0.1) is 0 Å². The zero-order valence-electron chi connectivity index (χ0n) is 19.5. The molecule has 2 aromatic carbocycles. The smallest absolute Gasteiger partial charge is 0.344 e. The number of aliphatic hydroxyl groups excluding tert-OH is 1. The van der Waals surface area contributed by atoms with Gasteiger partial charge in [-0.1, -0.05) is 36.0 Å². The van der Waals surface area contributed by atoms with Crippen LogP contribution < -0.4 is 0 Å². The first-order valence-corrected chi connectivity index (χ1v) is 11.8. The summed E-state index contributed by atoms with van der Waals surface area (Å²) in [4.78, 5) is 29.1. The quantitative estimate of drug-likeness (QED) is 0.414. The number of aromatic nitrogens is 1. The van der Waals surface area contributed by atoms with Crippen LogP contribution in [0.3, 0.4) is 0 Å². The number of aliphatic imine (C=N–C) groups is 1. The second-order valence-electron chi connectivity index (χ2n) is 7.82. The van der Waals surface area contributed by atoms with E-state index in [9.17, 15) is 19.8 Å². The number of esters is 1. The van der Waals surface area contributed by atoms with Gasteiger partial charge in [-0.25, -0.2) is 14.6 Å². The van der Waals surface area contributed by atoms with E-state index < -0.39 is 11.9 Å². The lowest BCUT2D eigenvalue weighted by Gasteiger charge is -2.10. The molecule has 178 valence electrons. The molecule has 1 aliphatic rings. The predicted octanol–water partition coefficient (Wildman–Crippen LogP) is 5.99. The highest BCUT2D eigenvalue weighted by Crippen LogP contribution is 2.41. The van der Waals surface area contributed by atoms with Gasteiger partial charge in [0.05, 0.1) is 22.8 Å². The van der Waals surface area contributed by atoms with Gasteiger partial charge in [0.15, 0.2) is 0 Å². The predicted molar refractivity (Wildman–Crippen MR) is 138 cm³/mol. The third-order valence-corrected chi connectivity index (χ3v) is 6.49. The number of aliphatic hydroxyl groups is 1. The summed E-state index contributed by atoms with van der Waals surface area (Å²) in [5, 5.41) is 20.7. The molecule has 35 heavy (non-hydrogen) atoms. The first kappa shape index (κ1) is 24.1. The van der Waals surface area contributed by atoms with Gasteiger partial charge in [-0.2, -0.15) is 0 Å². The lowest BCUT2D eigenvalue weighted by atomic mass is 10.1. The number of thioether (sulfide) groups is 1. The van der Waals surface area contributed by atoms with Crippen molar-refractivity contribution in [3.05, 3.63) is 99.4 Å². The largest absolute Gasteiger partial charge is 0.506 e. The lowest BCUT2D eigenvalue weighted by molar-refractivity contribution is -0.138. The van der Waals surface area contributed by atoms with Crippen LogP contribution in [0, 0.1) is 13.8 Å². The van der Waals surface area contributed by atoms with E-state index in [2.05, 4.69) is 4.99 Å². The Labute approximate surface area is 207 Å². The van der Waals surface area contributed by atoms with Crippen LogP contribution in [0.15, 0.2) is 81.9 Å². The molecule has 2 heterocycles. The highest BCUT2D eigenvalue weighted by molar-refractivity contribution is 8.18. The number of carboxylic acids is 1. The van der Waals surface area contributed by atoms with Crippen molar-refractivity contribution in [2.45, 2.75) is 20.8 Å². The van der Waals surface area contributed by atoms with Crippen LogP contribution in [0.2, 0.25) is 0 Å². The minimum Gasteiger partial charge on any atom is -0.506 e. The van der Waals surface area contributed by atoms with Crippen LogP contribution in [0.5, 0.6) is 0 Å². The van der Waals surface area contributed by atoms with Gasteiger partial charge in [0.25, 0.3) is 0 Å². The second-order valence-corrected chi connectivity index (χ2v) is 8.86. The molecule has 0 saturated heterocycles. The van der Waals surface area contributed by atoms with Crippen molar-refractivity contribution in [1.82, 2.24) is 4.57 Å². The van der Waals surface area contributed by atoms with Crippen molar-refractivity contribution in [2.75, 3.05) is 6.61 Å². The molecule has 0 radical (unpaired) electrons. The standard InChI is InChI=1S/C27H24N2O5S/c1-4-34-27(33)23-24(30)22(35-25(23)28-20-10-6-5-7-11-20)15-19-13-16(2)29(17(19)3)21-12-8-9-18(14-21)26(31)32/h5-15,30H,4H2,1-3H3,(H,31,32)/b22-15-,28-25?. The maximum absolute atomic E-state index is 12.6. The Morgan fingerprint density at radius 2 is 1.83 bits per heavy atom. The number of hydrogen-bond acceptors (Lipinski definition) is 6. The summed E-state index contributed by atoms with van der Waals surface area (Å²) < 4.78 is 7.12. The van der Waals surface area contributed by atoms with Crippen molar-refractivity contribution >= 4 is 40.5 Å². The molecule has 2 N–H and O–H groups in total. The Balaban J connectivity index is 1.77. The third kappa shape index (κ3) is 4.93. The monoisotopic (exact) mass is 488 g/mol. The number of hydrogen-bond donors (Lipinski definition) is 2. The van der Waals surface area contributed by atoms with Gasteiger partial charge in [-0.05, 0) is 68.8 Å². The molecule has 0 amide bonds. The van der Waals surface area contributed by atoms with E-state index in [-0.39, 0.29) is 23.5 Å². The summed E-state index contributed by atoms with van der Waals surface area (Å²) in [6.07, 6.45) is 1.80. The number of nitrogens with zero attached hydrogens (tertiary/aromatic N) is 2. The number of rotatable bonds is 6. The van der Waals surface area contributed by atoms with E-state index >= 15 is 0 Å². The Morgan fingerprint density at radius 3 is 2.51 bits per heavy atom. The molecule has 0 spiro atoms. The van der Waals surface area contributed by atoms with E-state index in [1.807, 2.05) is 60.9 Å². The molecule has 0 fully saturated rings. The van der Waals surface area contributed by atoms with Gasteiger partial charge in [0.1, 0.15) is 16.4 Å². The molecule has 0 aliphatic carbocycles. The first-order chi connectivity index (χ1) is 16.8. The summed E-state index contributed by atoms with van der Waals surface area (Å²) >= 11 is 1.20. The van der Waals surface area contributed by atoms with Crippen LogP contribution in [-0.2, 0) is 9.53 Å². The Morgan fingerprint density at radius 1 is 1.09 bits per heavy atom. The van der Waals surface area contributed by atoms with Gasteiger partial charge >= 0.3 is 11.9 Å². The Kier molecular flexibility index (Phi) is 6.93. The van der Waals surface area contributed by atoms with Gasteiger partial charge in [-0.3, -0.25) is 0 Å². The van der Waals surface area contributed by atoms with E-state index in [0.29, 0.717) is 15.6 Å². The normalized spacial score (nSPS) is 15.7. The van der Waals surface area contributed by atoms with Gasteiger partial charge < -0.3 is 19.5 Å². The summed E-state index contributed by atoms with van der Waals surface area (Å²) in [6.45, 7) is 5.72. The fourth-order valence-corrected chi connectivity index (χ4v) is 4.89. The minimum atomic E-state index is -0.995. The molecule has 7 nitrogen and oxygen atoms in total. The zero-order chi connectivity index (χ0) is 25.1. The maximum Gasteiger partial charge on any atom is 0.344 e. The van der Waals surface area contributed by atoms with Gasteiger partial charge in [0.2, 0.25) is 0 Å². The molecule has 0 unspecified atom stereocenters. The van der Waals surface area contributed by atoms with Crippen molar-refractivity contribution in [1.29, 1.82) is 0 Å². The molecule has 8 heteroatoms. The molecule has 0 atom stereocenters. The maximum atomic E-state index is 12.6. The van der Waals surface area contributed by atoms with E-state index in [4.69, 9.17) is 4.74 Å². The number of ether oxygens (including phenoxy) is 1. The van der Waals surface area contributed by atoms with Crippen LogP contribution in [0.4, 0.5) is 5.69 Å². The number of aryl methyl sites for hydroxylation is 1. The lowest BCUT2D eigenvalue weighted by Crippen LogP contribution is -2.12. The van der Waals surface area contributed by atoms with Gasteiger partial charge in [0, 0.05) is 17.1 Å². The minimum absolute atomic E-state index is 0.0370. The van der Waals surface area contributed by atoms with E-state index in [0.717, 1.165) is 22.6 Å². The van der Waals surface area contributed by atoms with Crippen LogP contribution in [-0.4, -0.2) is 38.4 Å². The summed E-state index contributed by atoms with van der Waals surface area (Å²) in [6, 6.07) is 17.8. The average Bonchev–Trinajstić information content (AvgIpc) is 3.29. The Bertz CT molecular complexity index is 1400. The molecular formula is C27H24N2O5S. The molecule has 3 aromatic rings. The summed E-state index contributed by atoms with van der Waals surface area (Å²) in [7, 11) is 0. The number of benzene rings is 2. The Hall–Kier alpha value is -4.04. The summed E-state index contributed by atoms with van der Waals surface area (Å²) in [5.41, 5.74) is 4.19. The molecule has 0 bridgehead atoms. The number of para-hydroxylation sites is 1. The molecule has 4 rings (SSSR count). The average molecular weight is 489 g/mol. The third-order valence-electron chi connectivity index (χ3n) is 5.47. The number of carbonyl (C=O) groups is 2. The van der Waals surface area contributed by atoms with Crippen molar-refractivity contribution < 1.29 is 24.5 Å². The number of aromatic carboxylic acids is 1. The molecular weight excluding hydrogens is 464 g/mol. The second kappa shape index (κ2) is 10.1. The molecule has 0 saturated carbocycles. The summed E-state index contributed by atoms with van der Waals surface area (Å²) in [5.74, 6) is -1.81. The number of carboxylic acid groups (broad SMARTS) is 1. The zero-order valence-corrected chi connectivity index (χ0v) is 20.3. The fraction of sp³-hybridized carbons (Fsp3) is 0.148. The van der Waals surface area contributed by atoms with Crippen LogP contribution >= 0.6 is 11.8 Å². The molecule has 1 aliphatic heterocycles. The van der Waals surface area contributed by atoms with Crippen LogP contribution in [0.25, 0.3) is 11.8 Å². The fourth-order valence-electron chi connectivity index (χ4n) is 3.86. The van der Waals surface area contributed by atoms with Crippen molar-refractivity contribution in [2.24, 2.45) is 4.99 Å². The first-order valence-electron chi connectivity index (χ1n) is 11.0. The van der Waals surface area contributed by atoms with Crippen molar-refractivity contribution in [3.8, 4) is 5.69 Å². The van der Waals surface area contributed by atoms with E-state index in [1.54, 1.807) is 31.2 Å². The highest BCUT2D eigenvalue weighted by Gasteiger charge is 2.33. The topological polar surface area (TPSA) is 101 Å².